The van der Waals surface area contributed by atoms with Crippen molar-refractivity contribution >= 4 is 22.2 Å². The second-order valence-electron chi connectivity index (χ2n) is 5.85. The van der Waals surface area contributed by atoms with Crippen LogP contribution in [0.3, 0.4) is 0 Å². The molecular weight excluding hydrogens is 346 g/mol. The molecule has 0 aliphatic rings. The van der Waals surface area contributed by atoms with Crippen LogP contribution in [0, 0.1) is 11.3 Å². The number of nitrogens with zero attached hydrogens (tertiary/aromatic N) is 2. The molecule has 3 aromatic rings. The van der Waals surface area contributed by atoms with Gasteiger partial charge in [-0.3, -0.25) is 9.69 Å². The van der Waals surface area contributed by atoms with Crippen molar-refractivity contribution in [1.82, 2.24) is 4.90 Å². The summed E-state index contributed by atoms with van der Waals surface area (Å²) < 4.78 is 5.45. The van der Waals surface area contributed by atoms with Gasteiger partial charge in [0.15, 0.2) is 0 Å². The monoisotopic (exact) mass is 365 g/mol. The van der Waals surface area contributed by atoms with Crippen LogP contribution < -0.4 is 5.32 Å². The molecule has 132 valence electrons. The topological polar surface area (TPSA) is 69.3 Å². The van der Waals surface area contributed by atoms with Gasteiger partial charge in [-0.05, 0) is 29.1 Å². The largest absolute Gasteiger partial charge is 0.468 e. The number of carbonyl (C=O) groups is 1. The zero-order valence-corrected chi connectivity index (χ0v) is 15.0. The third-order valence-electron chi connectivity index (χ3n) is 3.90. The summed E-state index contributed by atoms with van der Waals surface area (Å²) >= 11 is 1.36. The van der Waals surface area contributed by atoms with E-state index in [0.29, 0.717) is 30.1 Å². The summed E-state index contributed by atoms with van der Waals surface area (Å²) in [6, 6.07) is 17.7. The van der Waals surface area contributed by atoms with Crippen molar-refractivity contribution in [1.29, 1.82) is 5.26 Å². The van der Waals surface area contributed by atoms with Gasteiger partial charge in [0.2, 0.25) is 5.91 Å². The van der Waals surface area contributed by atoms with Crippen molar-refractivity contribution in [3.8, 4) is 6.07 Å². The molecule has 6 heteroatoms. The molecule has 1 aromatic carbocycles. The summed E-state index contributed by atoms with van der Waals surface area (Å²) in [4.78, 5) is 14.4. The first kappa shape index (κ1) is 17.9. The normalized spacial score (nSPS) is 10.6. The van der Waals surface area contributed by atoms with Gasteiger partial charge in [0, 0.05) is 19.5 Å². The van der Waals surface area contributed by atoms with Crippen molar-refractivity contribution in [3.05, 3.63) is 77.1 Å². The molecule has 0 saturated carbocycles. The SMILES string of the molecule is N#Cc1ccsc1NC(=O)CCN(Cc1ccccc1)Cc1ccco1. The van der Waals surface area contributed by atoms with Crippen LogP contribution in [0.15, 0.2) is 64.6 Å². The Hall–Kier alpha value is -2.88. The summed E-state index contributed by atoms with van der Waals surface area (Å²) in [5.41, 5.74) is 1.68. The third-order valence-corrected chi connectivity index (χ3v) is 4.73. The molecule has 3 rings (SSSR count). The van der Waals surface area contributed by atoms with Crippen molar-refractivity contribution in [2.75, 3.05) is 11.9 Å². The van der Waals surface area contributed by atoms with Crippen molar-refractivity contribution in [2.24, 2.45) is 0 Å². The molecular formula is C20H19N3O2S. The molecule has 0 fully saturated rings. The summed E-state index contributed by atoms with van der Waals surface area (Å²) in [5.74, 6) is 0.771. The van der Waals surface area contributed by atoms with Crippen LogP contribution in [0.2, 0.25) is 0 Å². The maximum atomic E-state index is 12.3. The molecule has 0 radical (unpaired) electrons. The van der Waals surface area contributed by atoms with Crippen LogP contribution in [0.4, 0.5) is 5.00 Å². The Bertz CT molecular complexity index is 866. The zero-order chi connectivity index (χ0) is 18.2. The predicted molar refractivity (Wildman–Crippen MR) is 102 cm³/mol. The minimum Gasteiger partial charge on any atom is -0.468 e. The Labute approximate surface area is 156 Å². The number of amides is 1. The standard InChI is InChI=1S/C20H19N3O2S/c21-13-17-9-12-26-20(17)22-19(24)8-10-23(15-18-7-4-11-25-18)14-16-5-2-1-3-6-16/h1-7,9,11-12H,8,10,14-15H2,(H,22,24). The van der Waals surface area contributed by atoms with E-state index in [4.69, 9.17) is 9.68 Å². The molecule has 0 unspecified atom stereocenters. The van der Waals surface area contributed by atoms with Crippen molar-refractivity contribution in [3.63, 3.8) is 0 Å². The summed E-state index contributed by atoms with van der Waals surface area (Å²) in [7, 11) is 0. The van der Waals surface area contributed by atoms with E-state index in [1.807, 2.05) is 30.3 Å². The second-order valence-corrected chi connectivity index (χ2v) is 6.77. The zero-order valence-electron chi connectivity index (χ0n) is 14.2. The summed E-state index contributed by atoms with van der Waals surface area (Å²) in [6.07, 6.45) is 2.00. The van der Waals surface area contributed by atoms with Gasteiger partial charge in [-0.1, -0.05) is 30.3 Å². The molecule has 5 nitrogen and oxygen atoms in total. The van der Waals surface area contributed by atoms with E-state index < -0.39 is 0 Å². The maximum Gasteiger partial charge on any atom is 0.226 e. The van der Waals surface area contributed by atoms with Crippen LogP contribution in [-0.4, -0.2) is 17.4 Å². The lowest BCUT2D eigenvalue weighted by Gasteiger charge is -2.21. The molecule has 1 amide bonds. The number of nitrogens with one attached hydrogen (secondary N) is 1. The Balaban J connectivity index is 1.59. The Kier molecular flexibility index (Phi) is 6.20. The van der Waals surface area contributed by atoms with E-state index in [1.54, 1.807) is 17.7 Å². The smallest absolute Gasteiger partial charge is 0.226 e. The Morgan fingerprint density at radius 2 is 2.00 bits per heavy atom. The number of nitriles is 1. The Morgan fingerprint density at radius 1 is 1.15 bits per heavy atom. The molecule has 0 aliphatic carbocycles. The molecule has 0 spiro atoms. The lowest BCUT2D eigenvalue weighted by atomic mass is 10.2. The molecule has 2 heterocycles. The van der Waals surface area contributed by atoms with E-state index in [2.05, 4.69) is 28.4 Å². The highest BCUT2D eigenvalue weighted by molar-refractivity contribution is 7.14. The number of carbonyl (C=O) groups excluding carboxylic acids is 1. The van der Waals surface area contributed by atoms with Gasteiger partial charge in [-0.2, -0.15) is 5.26 Å². The quantitative estimate of drug-likeness (QED) is 0.648. The van der Waals surface area contributed by atoms with Crippen LogP contribution in [-0.2, 0) is 17.9 Å². The number of furan rings is 1. The van der Waals surface area contributed by atoms with Crippen LogP contribution in [0.5, 0.6) is 0 Å². The van der Waals surface area contributed by atoms with Gasteiger partial charge < -0.3 is 9.73 Å². The average Bonchev–Trinajstić information content (AvgIpc) is 3.32. The lowest BCUT2D eigenvalue weighted by Crippen LogP contribution is -2.27. The van der Waals surface area contributed by atoms with Gasteiger partial charge in [-0.15, -0.1) is 11.3 Å². The number of benzene rings is 1. The fourth-order valence-corrected chi connectivity index (χ4v) is 3.38. The van der Waals surface area contributed by atoms with Gasteiger partial charge in [-0.25, -0.2) is 0 Å². The first-order valence-electron chi connectivity index (χ1n) is 8.30. The average molecular weight is 365 g/mol. The van der Waals surface area contributed by atoms with Crippen molar-refractivity contribution < 1.29 is 9.21 Å². The number of hydrogen-bond donors (Lipinski definition) is 1. The van der Waals surface area contributed by atoms with Gasteiger partial charge in [0.1, 0.15) is 16.8 Å². The maximum absolute atomic E-state index is 12.3. The molecule has 0 atom stereocenters. The molecule has 26 heavy (non-hydrogen) atoms. The molecule has 2 aromatic heterocycles. The number of rotatable bonds is 8. The van der Waals surface area contributed by atoms with Crippen LogP contribution in [0.25, 0.3) is 0 Å². The Morgan fingerprint density at radius 3 is 2.73 bits per heavy atom. The molecule has 1 N–H and O–H groups in total. The number of anilines is 1. The highest BCUT2D eigenvalue weighted by Crippen LogP contribution is 2.22. The first-order chi connectivity index (χ1) is 12.7. The van der Waals surface area contributed by atoms with Gasteiger partial charge in [0.25, 0.3) is 0 Å². The van der Waals surface area contributed by atoms with Crippen LogP contribution >= 0.6 is 11.3 Å². The second kappa shape index (κ2) is 8.99. The predicted octanol–water partition coefficient (Wildman–Crippen LogP) is 4.24. The van der Waals surface area contributed by atoms with E-state index in [9.17, 15) is 4.79 Å². The third kappa shape index (κ3) is 5.06. The fourth-order valence-electron chi connectivity index (χ4n) is 2.62. The molecule has 0 bridgehead atoms. The molecule has 0 saturated heterocycles. The minimum absolute atomic E-state index is 0.0959. The molecule has 0 aliphatic heterocycles. The highest BCUT2D eigenvalue weighted by atomic mass is 32.1. The number of hydrogen-bond acceptors (Lipinski definition) is 5. The minimum atomic E-state index is -0.0959. The van der Waals surface area contributed by atoms with E-state index in [0.717, 1.165) is 12.3 Å². The van der Waals surface area contributed by atoms with Crippen molar-refractivity contribution in [2.45, 2.75) is 19.5 Å². The van der Waals surface area contributed by atoms with E-state index in [1.165, 1.54) is 16.9 Å². The van der Waals surface area contributed by atoms with Gasteiger partial charge in [0.05, 0.1) is 18.4 Å². The highest BCUT2D eigenvalue weighted by Gasteiger charge is 2.13. The van der Waals surface area contributed by atoms with E-state index in [-0.39, 0.29) is 5.91 Å². The van der Waals surface area contributed by atoms with E-state index >= 15 is 0 Å². The number of thiophene rings is 1. The summed E-state index contributed by atoms with van der Waals surface area (Å²) in [6.45, 7) is 1.96. The fraction of sp³-hybridized carbons (Fsp3) is 0.200. The lowest BCUT2D eigenvalue weighted by molar-refractivity contribution is -0.116. The first-order valence-corrected chi connectivity index (χ1v) is 9.18. The van der Waals surface area contributed by atoms with Gasteiger partial charge >= 0.3 is 0 Å². The summed E-state index contributed by atoms with van der Waals surface area (Å²) in [5, 5.41) is 14.3. The van der Waals surface area contributed by atoms with Crippen LogP contribution in [0.1, 0.15) is 23.3 Å².